The van der Waals surface area contributed by atoms with Gasteiger partial charge in [0, 0.05) is 6.54 Å². The normalized spacial score (nSPS) is 13.5. The fraction of sp³-hybridized carbons (Fsp3) is 0.389. The van der Waals surface area contributed by atoms with E-state index in [0.717, 1.165) is 22.3 Å². The summed E-state index contributed by atoms with van der Waals surface area (Å²) in [5.41, 5.74) is -0.0780. The Morgan fingerprint density at radius 1 is 1.35 bits per heavy atom. The maximum atomic E-state index is 10.5. The van der Waals surface area contributed by atoms with Crippen LogP contribution in [0.15, 0.2) is 50.5 Å². The fourth-order valence-electron chi connectivity index (χ4n) is 2.25. The lowest BCUT2D eigenvalue weighted by Gasteiger charge is -2.22. The summed E-state index contributed by atoms with van der Waals surface area (Å²) in [7, 11) is 1.63. The third kappa shape index (κ3) is 6.48. The largest absolute Gasteiger partial charge is 0.496 e. The Balaban J connectivity index is 0.00000338. The minimum Gasteiger partial charge on any atom is -0.496 e. The van der Waals surface area contributed by atoms with Crippen LogP contribution in [0.3, 0.4) is 0 Å². The molecule has 0 spiro atoms. The summed E-state index contributed by atoms with van der Waals surface area (Å²) >= 11 is 3.48. The topological polar surface area (TPSA) is 79.0 Å². The van der Waals surface area contributed by atoms with E-state index in [-0.39, 0.29) is 30.5 Å². The number of aliphatic imine (C=N–C) groups is 1. The zero-order chi connectivity index (χ0) is 18.3. The summed E-state index contributed by atoms with van der Waals surface area (Å²) in [5, 5.41) is 16.8. The molecule has 2 rings (SSSR count). The van der Waals surface area contributed by atoms with Crippen LogP contribution in [-0.4, -0.2) is 31.3 Å². The second kappa shape index (κ2) is 10.8. The van der Waals surface area contributed by atoms with E-state index in [1.54, 1.807) is 32.4 Å². The van der Waals surface area contributed by atoms with Crippen molar-refractivity contribution in [1.82, 2.24) is 10.6 Å². The molecule has 0 aliphatic rings. The molecular weight excluding hydrogens is 513 g/mol. The second-order valence-electron chi connectivity index (χ2n) is 5.77. The third-order valence-electron chi connectivity index (χ3n) is 3.63. The molecule has 6 nitrogen and oxygen atoms in total. The molecule has 3 N–H and O–H groups in total. The van der Waals surface area contributed by atoms with Gasteiger partial charge in [0.2, 0.25) is 0 Å². The van der Waals surface area contributed by atoms with Gasteiger partial charge in [-0.05, 0) is 59.6 Å². The molecule has 1 heterocycles. The molecule has 0 radical (unpaired) electrons. The third-order valence-corrected chi connectivity index (χ3v) is 4.25. The molecule has 144 valence electrons. The molecule has 0 aliphatic heterocycles. The van der Waals surface area contributed by atoms with E-state index in [4.69, 9.17) is 9.15 Å². The number of hydrogen-bond donors (Lipinski definition) is 3. The van der Waals surface area contributed by atoms with Crippen LogP contribution in [0.2, 0.25) is 0 Å². The van der Waals surface area contributed by atoms with E-state index in [0.29, 0.717) is 18.3 Å². The number of furan rings is 1. The number of nitrogens with zero attached hydrogens (tertiary/aromatic N) is 1. The van der Waals surface area contributed by atoms with Crippen LogP contribution in [0.1, 0.15) is 25.2 Å². The van der Waals surface area contributed by atoms with E-state index >= 15 is 0 Å². The van der Waals surface area contributed by atoms with Crippen molar-refractivity contribution in [3.05, 3.63) is 52.4 Å². The number of nitrogens with one attached hydrogen (secondary N) is 2. The lowest BCUT2D eigenvalue weighted by molar-refractivity contribution is 0.0386. The number of methoxy groups -OCH3 is 1. The molecule has 0 aliphatic carbocycles. The number of aliphatic hydroxyl groups is 1. The van der Waals surface area contributed by atoms with Crippen LogP contribution in [0.5, 0.6) is 5.75 Å². The number of halogens is 2. The Bertz CT molecular complexity index is 706. The molecule has 0 amide bonds. The summed E-state index contributed by atoms with van der Waals surface area (Å²) in [6.07, 6.45) is 1.55. The maximum Gasteiger partial charge on any atom is 0.191 e. The number of benzene rings is 1. The Morgan fingerprint density at radius 3 is 2.69 bits per heavy atom. The smallest absolute Gasteiger partial charge is 0.191 e. The van der Waals surface area contributed by atoms with Crippen molar-refractivity contribution in [2.75, 3.05) is 20.2 Å². The molecule has 0 saturated heterocycles. The maximum absolute atomic E-state index is 10.5. The highest BCUT2D eigenvalue weighted by Crippen LogP contribution is 2.25. The van der Waals surface area contributed by atoms with Crippen LogP contribution >= 0.6 is 39.9 Å². The average molecular weight is 538 g/mol. The van der Waals surface area contributed by atoms with Crippen LogP contribution in [0.25, 0.3) is 0 Å². The van der Waals surface area contributed by atoms with E-state index < -0.39 is 5.60 Å². The average Bonchev–Trinajstić information content (AvgIpc) is 3.13. The zero-order valence-corrected chi connectivity index (χ0v) is 19.0. The first-order chi connectivity index (χ1) is 12.0. The highest BCUT2D eigenvalue weighted by atomic mass is 127. The van der Waals surface area contributed by atoms with Crippen LogP contribution in [-0.2, 0) is 12.1 Å². The molecule has 0 bridgehead atoms. The molecule has 0 saturated carbocycles. The summed E-state index contributed by atoms with van der Waals surface area (Å²) in [6, 6.07) is 9.35. The first-order valence-corrected chi connectivity index (χ1v) is 8.86. The molecular formula is C18H25BrIN3O3. The predicted molar refractivity (Wildman–Crippen MR) is 117 cm³/mol. The number of hydrogen-bond acceptors (Lipinski definition) is 4. The Morgan fingerprint density at radius 2 is 2.12 bits per heavy atom. The quantitative estimate of drug-likeness (QED) is 0.285. The summed E-state index contributed by atoms with van der Waals surface area (Å²) < 4.78 is 11.4. The van der Waals surface area contributed by atoms with Gasteiger partial charge in [0.1, 0.15) is 17.1 Å². The van der Waals surface area contributed by atoms with Gasteiger partial charge in [0.15, 0.2) is 5.96 Å². The Labute approximate surface area is 179 Å². The van der Waals surface area contributed by atoms with Gasteiger partial charge in [0.05, 0.1) is 30.9 Å². The monoisotopic (exact) mass is 537 g/mol. The molecule has 8 heteroatoms. The van der Waals surface area contributed by atoms with Gasteiger partial charge in [-0.1, -0.05) is 6.07 Å². The van der Waals surface area contributed by atoms with Crippen LogP contribution < -0.4 is 15.4 Å². The Kier molecular flexibility index (Phi) is 9.45. The van der Waals surface area contributed by atoms with Gasteiger partial charge in [-0.2, -0.15) is 0 Å². The minimum atomic E-state index is -1.12. The Hall–Kier alpha value is -1.26. The standard InChI is InChI=1S/C18H24BrN3O3.HI/c1-4-20-17(22-12-18(2,23)16-6-5-9-25-16)21-11-13-7-8-15(24-3)14(19)10-13;/h5-10,23H,4,11-12H2,1-3H3,(H2,20,21,22);1H. The van der Waals surface area contributed by atoms with Gasteiger partial charge in [0.25, 0.3) is 0 Å². The lowest BCUT2D eigenvalue weighted by Crippen LogP contribution is -2.44. The zero-order valence-electron chi connectivity index (χ0n) is 15.1. The highest BCUT2D eigenvalue weighted by molar-refractivity contribution is 14.0. The molecule has 0 fully saturated rings. The first kappa shape index (κ1) is 22.8. The lowest BCUT2D eigenvalue weighted by atomic mass is 10.0. The van der Waals surface area contributed by atoms with E-state index in [1.165, 1.54) is 0 Å². The molecule has 1 atom stereocenters. The van der Waals surface area contributed by atoms with E-state index in [9.17, 15) is 5.11 Å². The molecule has 1 unspecified atom stereocenters. The van der Waals surface area contributed by atoms with Crippen molar-refractivity contribution in [1.29, 1.82) is 0 Å². The van der Waals surface area contributed by atoms with Crippen molar-refractivity contribution >= 4 is 45.9 Å². The van der Waals surface area contributed by atoms with E-state index in [2.05, 4.69) is 31.6 Å². The second-order valence-corrected chi connectivity index (χ2v) is 6.62. The van der Waals surface area contributed by atoms with Crippen molar-refractivity contribution in [2.24, 2.45) is 4.99 Å². The summed E-state index contributed by atoms with van der Waals surface area (Å²) in [4.78, 5) is 4.56. The fourth-order valence-corrected chi connectivity index (χ4v) is 2.84. The van der Waals surface area contributed by atoms with Crippen molar-refractivity contribution in [3.8, 4) is 5.75 Å². The van der Waals surface area contributed by atoms with Crippen LogP contribution in [0.4, 0.5) is 0 Å². The van der Waals surface area contributed by atoms with E-state index in [1.807, 2.05) is 25.1 Å². The SMILES string of the molecule is CCNC(=NCc1ccc(OC)c(Br)c1)NCC(C)(O)c1ccco1.I. The molecule has 26 heavy (non-hydrogen) atoms. The first-order valence-electron chi connectivity index (χ1n) is 8.07. The van der Waals surface area contributed by atoms with Gasteiger partial charge in [-0.25, -0.2) is 4.99 Å². The summed E-state index contributed by atoms with van der Waals surface area (Å²) in [6.45, 7) is 5.19. The number of guanidine groups is 1. The molecule has 1 aromatic heterocycles. The van der Waals surface area contributed by atoms with Gasteiger partial charge < -0.3 is 24.9 Å². The number of rotatable bonds is 7. The molecule has 2 aromatic rings. The molecule has 1 aromatic carbocycles. The van der Waals surface area contributed by atoms with Crippen LogP contribution in [0, 0.1) is 0 Å². The van der Waals surface area contributed by atoms with Crippen molar-refractivity contribution in [3.63, 3.8) is 0 Å². The minimum absolute atomic E-state index is 0. The summed E-state index contributed by atoms with van der Waals surface area (Å²) in [5.74, 6) is 1.92. The van der Waals surface area contributed by atoms with Gasteiger partial charge in [-0.15, -0.1) is 24.0 Å². The van der Waals surface area contributed by atoms with Gasteiger partial charge in [-0.3, -0.25) is 0 Å². The predicted octanol–water partition coefficient (Wildman–Crippen LogP) is 3.63. The van der Waals surface area contributed by atoms with Crippen molar-refractivity contribution in [2.45, 2.75) is 26.0 Å². The number of ether oxygens (including phenoxy) is 1. The highest BCUT2D eigenvalue weighted by Gasteiger charge is 2.26. The van der Waals surface area contributed by atoms with Crippen molar-refractivity contribution < 1.29 is 14.3 Å². The van der Waals surface area contributed by atoms with Gasteiger partial charge >= 0.3 is 0 Å².